The van der Waals surface area contributed by atoms with Crippen molar-refractivity contribution in [1.82, 2.24) is 15.3 Å². The quantitative estimate of drug-likeness (QED) is 0.802. The van der Waals surface area contributed by atoms with Gasteiger partial charge in [-0.05, 0) is 17.7 Å². The highest BCUT2D eigenvalue weighted by atomic mass is 16.1. The van der Waals surface area contributed by atoms with E-state index < -0.39 is 0 Å². The molecule has 5 nitrogen and oxygen atoms in total. The standard InChI is InChI=1S/C15H14N4O/c16-6-1-4-13-11-18-8-5-14(13)15(20)19-10-12-3-2-7-17-9-12/h2-3,5,7-9,11H,6,10,16H2,(H,19,20). The Morgan fingerprint density at radius 2 is 2.10 bits per heavy atom. The van der Waals surface area contributed by atoms with E-state index in [1.807, 2.05) is 12.1 Å². The Hall–Kier alpha value is -2.71. The molecule has 0 radical (unpaired) electrons. The van der Waals surface area contributed by atoms with E-state index in [2.05, 4.69) is 27.1 Å². The van der Waals surface area contributed by atoms with E-state index in [9.17, 15) is 4.79 Å². The third-order valence-electron chi connectivity index (χ3n) is 2.57. The third-order valence-corrected chi connectivity index (χ3v) is 2.57. The van der Waals surface area contributed by atoms with E-state index in [1.165, 1.54) is 0 Å². The van der Waals surface area contributed by atoms with Crippen LogP contribution in [-0.2, 0) is 6.54 Å². The number of carbonyl (C=O) groups excluding carboxylic acids is 1. The zero-order chi connectivity index (χ0) is 14.2. The van der Waals surface area contributed by atoms with Crippen LogP contribution in [0.1, 0.15) is 21.5 Å². The maximum absolute atomic E-state index is 12.1. The number of carbonyl (C=O) groups is 1. The van der Waals surface area contributed by atoms with Crippen LogP contribution >= 0.6 is 0 Å². The molecule has 2 aromatic rings. The molecule has 0 saturated carbocycles. The predicted octanol–water partition coefficient (Wildman–Crippen LogP) is 0.717. The first-order valence-electron chi connectivity index (χ1n) is 6.11. The van der Waals surface area contributed by atoms with Gasteiger partial charge in [0.25, 0.3) is 5.91 Å². The summed E-state index contributed by atoms with van der Waals surface area (Å²) in [5.74, 6) is 5.37. The fourth-order valence-electron chi connectivity index (χ4n) is 1.62. The van der Waals surface area contributed by atoms with Crippen molar-refractivity contribution in [2.24, 2.45) is 5.73 Å². The van der Waals surface area contributed by atoms with Crippen molar-refractivity contribution >= 4 is 5.91 Å². The maximum Gasteiger partial charge on any atom is 0.252 e. The smallest absolute Gasteiger partial charge is 0.252 e. The highest BCUT2D eigenvalue weighted by Gasteiger charge is 2.09. The average Bonchev–Trinajstić information content (AvgIpc) is 2.52. The number of pyridine rings is 2. The largest absolute Gasteiger partial charge is 0.348 e. The summed E-state index contributed by atoms with van der Waals surface area (Å²) < 4.78 is 0. The first kappa shape index (κ1) is 13.7. The van der Waals surface area contributed by atoms with Gasteiger partial charge >= 0.3 is 0 Å². The molecule has 100 valence electrons. The number of nitrogens with one attached hydrogen (secondary N) is 1. The molecule has 2 rings (SSSR count). The Morgan fingerprint density at radius 1 is 1.25 bits per heavy atom. The van der Waals surface area contributed by atoms with Gasteiger partial charge in [-0.25, -0.2) is 0 Å². The fourth-order valence-corrected chi connectivity index (χ4v) is 1.62. The molecular weight excluding hydrogens is 252 g/mol. The van der Waals surface area contributed by atoms with Gasteiger partial charge in [-0.1, -0.05) is 17.9 Å². The number of amides is 1. The molecule has 5 heteroatoms. The van der Waals surface area contributed by atoms with E-state index in [-0.39, 0.29) is 12.5 Å². The van der Waals surface area contributed by atoms with Crippen LogP contribution in [-0.4, -0.2) is 22.4 Å². The SMILES string of the molecule is NCC#Cc1cnccc1C(=O)NCc1cccnc1. The van der Waals surface area contributed by atoms with Crippen LogP contribution < -0.4 is 11.1 Å². The van der Waals surface area contributed by atoms with Crippen LogP contribution in [0.5, 0.6) is 0 Å². The lowest BCUT2D eigenvalue weighted by Crippen LogP contribution is -2.23. The Kier molecular flexibility index (Phi) is 4.81. The van der Waals surface area contributed by atoms with E-state index in [4.69, 9.17) is 5.73 Å². The van der Waals surface area contributed by atoms with Crippen molar-refractivity contribution in [2.45, 2.75) is 6.54 Å². The Bertz CT molecular complexity index is 644. The molecule has 20 heavy (non-hydrogen) atoms. The van der Waals surface area contributed by atoms with Crippen molar-refractivity contribution in [3.8, 4) is 11.8 Å². The molecule has 0 aliphatic heterocycles. The van der Waals surface area contributed by atoms with Crippen LogP contribution in [0.4, 0.5) is 0 Å². The predicted molar refractivity (Wildman–Crippen MR) is 75.6 cm³/mol. The Morgan fingerprint density at radius 3 is 2.85 bits per heavy atom. The molecule has 3 N–H and O–H groups in total. The molecule has 0 spiro atoms. The molecule has 0 aliphatic rings. The van der Waals surface area contributed by atoms with Gasteiger partial charge in [-0.3, -0.25) is 14.8 Å². The van der Waals surface area contributed by atoms with E-state index in [1.54, 1.807) is 30.9 Å². The lowest BCUT2D eigenvalue weighted by atomic mass is 10.1. The number of nitrogens with two attached hydrogens (primary N) is 1. The van der Waals surface area contributed by atoms with Crippen molar-refractivity contribution in [3.05, 3.63) is 59.7 Å². The average molecular weight is 266 g/mol. The maximum atomic E-state index is 12.1. The summed E-state index contributed by atoms with van der Waals surface area (Å²) in [7, 11) is 0. The van der Waals surface area contributed by atoms with E-state index in [0.29, 0.717) is 17.7 Å². The van der Waals surface area contributed by atoms with Crippen LogP contribution in [0, 0.1) is 11.8 Å². The van der Waals surface area contributed by atoms with Crippen LogP contribution in [0.15, 0.2) is 43.0 Å². The summed E-state index contributed by atoms with van der Waals surface area (Å²) in [4.78, 5) is 20.1. The van der Waals surface area contributed by atoms with Gasteiger partial charge in [0.15, 0.2) is 0 Å². The summed E-state index contributed by atoms with van der Waals surface area (Å²) in [6, 6.07) is 5.36. The Labute approximate surface area is 117 Å². The van der Waals surface area contributed by atoms with Gasteiger partial charge in [-0.2, -0.15) is 0 Å². The molecule has 0 fully saturated rings. The highest BCUT2D eigenvalue weighted by molar-refractivity contribution is 5.96. The molecule has 0 aromatic carbocycles. The van der Waals surface area contributed by atoms with Crippen LogP contribution in [0.2, 0.25) is 0 Å². The number of hydrogen-bond donors (Lipinski definition) is 2. The second-order valence-electron chi connectivity index (χ2n) is 3.97. The second kappa shape index (κ2) is 7.02. The van der Waals surface area contributed by atoms with Crippen LogP contribution in [0.3, 0.4) is 0 Å². The summed E-state index contributed by atoms with van der Waals surface area (Å²) in [6.07, 6.45) is 6.52. The zero-order valence-electron chi connectivity index (χ0n) is 10.8. The van der Waals surface area contributed by atoms with Crippen molar-refractivity contribution in [2.75, 3.05) is 6.54 Å². The Balaban J connectivity index is 2.09. The number of hydrogen-bond acceptors (Lipinski definition) is 4. The number of aromatic nitrogens is 2. The molecule has 0 bridgehead atoms. The monoisotopic (exact) mass is 266 g/mol. The fraction of sp³-hybridized carbons (Fsp3) is 0.133. The van der Waals surface area contributed by atoms with E-state index >= 15 is 0 Å². The van der Waals surface area contributed by atoms with Crippen molar-refractivity contribution < 1.29 is 4.79 Å². The molecular formula is C15H14N4O. The van der Waals surface area contributed by atoms with E-state index in [0.717, 1.165) is 5.56 Å². The highest BCUT2D eigenvalue weighted by Crippen LogP contribution is 2.06. The first-order chi connectivity index (χ1) is 9.81. The molecule has 1 amide bonds. The normalized spacial score (nSPS) is 9.45. The topological polar surface area (TPSA) is 80.9 Å². The molecule has 0 atom stereocenters. The third kappa shape index (κ3) is 3.64. The number of nitrogens with zero attached hydrogens (tertiary/aromatic N) is 2. The van der Waals surface area contributed by atoms with Gasteiger partial charge in [0.05, 0.1) is 17.7 Å². The van der Waals surface area contributed by atoms with Gasteiger partial charge in [0.1, 0.15) is 0 Å². The second-order valence-corrected chi connectivity index (χ2v) is 3.97. The van der Waals surface area contributed by atoms with Crippen molar-refractivity contribution in [3.63, 3.8) is 0 Å². The summed E-state index contributed by atoms with van der Waals surface area (Å²) in [6.45, 7) is 0.657. The lowest BCUT2D eigenvalue weighted by Gasteiger charge is -2.06. The molecule has 0 unspecified atom stereocenters. The summed E-state index contributed by atoms with van der Waals surface area (Å²) in [5.41, 5.74) is 7.33. The number of rotatable bonds is 3. The minimum absolute atomic E-state index is 0.197. The minimum atomic E-state index is -0.197. The molecule has 2 heterocycles. The van der Waals surface area contributed by atoms with Crippen LogP contribution in [0.25, 0.3) is 0 Å². The van der Waals surface area contributed by atoms with Gasteiger partial charge in [-0.15, -0.1) is 0 Å². The van der Waals surface area contributed by atoms with Gasteiger partial charge < -0.3 is 11.1 Å². The lowest BCUT2D eigenvalue weighted by molar-refractivity contribution is 0.0950. The molecule has 0 aliphatic carbocycles. The molecule has 0 saturated heterocycles. The van der Waals surface area contributed by atoms with Gasteiger partial charge in [0, 0.05) is 31.3 Å². The summed E-state index contributed by atoms with van der Waals surface area (Å²) >= 11 is 0. The van der Waals surface area contributed by atoms with Crippen molar-refractivity contribution in [1.29, 1.82) is 0 Å². The first-order valence-corrected chi connectivity index (χ1v) is 6.11. The molecule has 2 aromatic heterocycles. The van der Waals surface area contributed by atoms with Gasteiger partial charge in [0.2, 0.25) is 0 Å². The minimum Gasteiger partial charge on any atom is -0.348 e. The zero-order valence-corrected chi connectivity index (χ0v) is 10.8. The summed E-state index contributed by atoms with van der Waals surface area (Å²) in [5, 5.41) is 2.83.